The molecule has 3 N–H and O–H groups in total. The number of carbonyl (C=O) groups is 1. The summed E-state index contributed by atoms with van der Waals surface area (Å²) in [6.07, 6.45) is 31.7. The van der Waals surface area contributed by atoms with Crippen LogP contribution in [0.5, 0.6) is 0 Å². The molecule has 9 heteroatoms. The molecule has 47 heavy (non-hydrogen) atoms. The number of nitrogens with two attached hydrogens (primary N) is 1. The molecule has 4 atom stereocenters. The van der Waals surface area contributed by atoms with Crippen molar-refractivity contribution in [3.63, 3.8) is 0 Å². The second kappa shape index (κ2) is 34.0. The molecule has 0 spiro atoms. The summed E-state index contributed by atoms with van der Waals surface area (Å²) in [4.78, 5) is 23.1. The van der Waals surface area contributed by atoms with Gasteiger partial charge in [-0.2, -0.15) is 0 Å². The number of phosphoric acid groups is 1. The zero-order valence-electron chi connectivity index (χ0n) is 31.4. The highest BCUT2D eigenvalue weighted by atomic mass is 31.2. The van der Waals surface area contributed by atoms with E-state index in [0.29, 0.717) is 13.0 Å². The highest BCUT2D eigenvalue weighted by Crippen LogP contribution is 2.45. The number of phosphoric ester groups is 1. The van der Waals surface area contributed by atoms with Gasteiger partial charge in [-0.15, -0.1) is 0 Å². The highest BCUT2D eigenvalue weighted by molar-refractivity contribution is 7.47. The predicted octanol–water partition coefficient (Wildman–Crippen LogP) is 11.6. The fraction of sp³-hybridized carbons (Fsp3) is 0.974. The van der Waals surface area contributed by atoms with Gasteiger partial charge in [0, 0.05) is 13.2 Å². The standard InChI is InChI=1S/C38H78NO7P/c1-5-7-9-11-13-15-17-19-20-22-24-26-28-30-33-43-36(4)38(46-47(41,42)44-34-32-39)45-37(40)35(3)31-29-27-25-23-21-18-16-14-12-10-8-6-2/h35-36,38H,5-34,39H2,1-4H3,(H,41,42)/t35?,36-,38?/m0/s1. The Labute approximate surface area is 291 Å². The average molecular weight is 692 g/mol. The van der Waals surface area contributed by atoms with E-state index in [1.165, 1.54) is 141 Å². The van der Waals surface area contributed by atoms with E-state index in [1.807, 2.05) is 6.92 Å². The van der Waals surface area contributed by atoms with Crippen LogP contribution in [0.25, 0.3) is 0 Å². The molecule has 282 valence electrons. The lowest BCUT2D eigenvalue weighted by Crippen LogP contribution is -2.35. The summed E-state index contributed by atoms with van der Waals surface area (Å²) in [6, 6.07) is 0. The first-order chi connectivity index (χ1) is 22.8. The zero-order valence-corrected chi connectivity index (χ0v) is 32.3. The smallest absolute Gasteiger partial charge is 0.432 e. The Morgan fingerprint density at radius 1 is 0.617 bits per heavy atom. The highest BCUT2D eigenvalue weighted by Gasteiger charge is 2.34. The van der Waals surface area contributed by atoms with Gasteiger partial charge < -0.3 is 20.1 Å². The van der Waals surface area contributed by atoms with Gasteiger partial charge in [-0.3, -0.25) is 9.32 Å². The molecule has 0 aliphatic rings. The third-order valence-corrected chi connectivity index (χ3v) is 9.98. The van der Waals surface area contributed by atoms with Crippen molar-refractivity contribution >= 4 is 13.8 Å². The number of esters is 1. The SMILES string of the molecule is CCCCCCCCCCCCCCCCO[C@@H](C)C(OC(=O)C(C)CCCCCCCCCCCCCC)OP(=O)(O)OCCN. The number of rotatable bonds is 37. The van der Waals surface area contributed by atoms with Crippen LogP contribution in [0, 0.1) is 5.92 Å². The lowest BCUT2D eigenvalue weighted by Gasteiger charge is -2.27. The minimum absolute atomic E-state index is 0.0691. The molecule has 0 heterocycles. The van der Waals surface area contributed by atoms with Crippen molar-refractivity contribution in [3.8, 4) is 0 Å². The van der Waals surface area contributed by atoms with Crippen LogP contribution < -0.4 is 5.73 Å². The van der Waals surface area contributed by atoms with Crippen LogP contribution >= 0.6 is 7.82 Å². The number of unbranched alkanes of at least 4 members (excludes halogenated alkanes) is 24. The van der Waals surface area contributed by atoms with Crippen molar-refractivity contribution in [2.75, 3.05) is 19.8 Å². The van der Waals surface area contributed by atoms with E-state index in [1.54, 1.807) is 6.92 Å². The maximum atomic E-state index is 12.9. The first-order valence-electron chi connectivity index (χ1n) is 19.9. The van der Waals surface area contributed by atoms with E-state index in [2.05, 4.69) is 13.8 Å². The van der Waals surface area contributed by atoms with Crippen LogP contribution in [-0.4, -0.2) is 43.0 Å². The summed E-state index contributed by atoms with van der Waals surface area (Å²) >= 11 is 0. The number of hydrogen-bond donors (Lipinski definition) is 2. The molecule has 0 saturated carbocycles. The summed E-state index contributed by atoms with van der Waals surface area (Å²) in [5.74, 6) is -0.797. The van der Waals surface area contributed by atoms with Gasteiger partial charge in [0.15, 0.2) is 0 Å². The third kappa shape index (κ3) is 31.2. The molecular formula is C38H78NO7P. The van der Waals surface area contributed by atoms with Gasteiger partial charge in [-0.1, -0.05) is 181 Å². The largest absolute Gasteiger partial charge is 0.475 e. The fourth-order valence-electron chi connectivity index (χ4n) is 5.82. The maximum Gasteiger partial charge on any atom is 0.475 e. The third-order valence-electron chi connectivity index (χ3n) is 9.00. The Morgan fingerprint density at radius 2 is 1.00 bits per heavy atom. The monoisotopic (exact) mass is 692 g/mol. The van der Waals surface area contributed by atoms with E-state index < -0.39 is 26.2 Å². The number of ether oxygens (including phenoxy) is 2. The van der Waals surface area contributed by atoms with Crippen LogP contribution in [0.4, 0.5) is 0 Å². The fourth-order valence-corrected chi connectivity index (χ4v) is 6.69. The van der Waals surface area contributed by atoms with Gasteiger partial charge >= 0.3 is 13.8 Å². The van der Waals surface area contributed by atoms with Crippen LogP contribution in [0.2, 0.25) is 0 Å². The summed E-state index contributed by atoms with van der Waals surface area (Å²) in [7, 11) is -4.47. The summed E-state index contributed by atoms with van der Waals surface area (Å²) in [5.41, 5.74) is 5.41. The molecule has 0 aromatic rings. The first kappa shape index (κ1) is 46.5. The van der Waals surface area contributed by atoms with Crippen LogP contribution in [0.3, 0.4) is 0 Å². The van der Waals surface area contributed by atoms with E-state index in [9.17, 15) is 14.3 Å². The second-order valence-corrected chi connectivity index (χ2v) is 15.2. The van der Waals surface area contributed by atoms with Crippen molar-refractivity contribution in [3.05, 3.63) is 0 Å². The molecule has 8 nitrogen and oxygen atoms in total. The number of hydrogen-bond acceptors (Lipinski definition) is 7. The minimum Gasteiger partial charge on any atom is -0.432 e. The molecule has 0 aromatic carbocycles. The Morgan fingerprint density at radius 3 is 1.40 bits per heavy atom. The van der Waals surface area contributed by atoms with Crippen molar-refractivity contribution < 1.29 is 32.8 Å². The Hall–Kier alpha value is -0.500. The zero-order chi connectivity index (χ0) is 34.9. The predicted molar refractivity (Wildman–Crippen MR) is 196 cm³/mol. The molecule has 0 rings (SSSR count). The minimum atomic E-state index is -4.47. The summed E-state index contributed by atoms with van der Waals surface area (Å²) in [6.45, 7) is 8.44. The molecule has 0 aromatic heterocycles. The maximum absolute atomic E-state index is 12.9. The molecular weight excluding hydrogens is 613 g/mol. The van der Waals surface area contributed by atoms with E-state index in [0.717, 1.165) is 25.7 Å². The van der Waals surface area contributed by atoms with Crippen molar-refractivity contribution in [2.24, 2.45) is 11.7 Å². The molecule has 0 aliphatic heterocycles. The van der Waals surface area contributed by atoms with Crippen LogP contribution in [-0.2, 0) is 27.9 Å². The molecule has 0 radical (unpaired) electrons. The molecule has 0 aliphatic carbocycles. The molecule has 0 amide bonds. The lowest BCUT2D eigenvalue weighted by atomic mass is 10.0. The van der Waals surface area contributed by atoms with E-state index in [4.69, 9.17) is 24.3 Å². The van der Waals surface area contributed by atoms with Crippen molar-refractivity contribution in [2.45, 2.75) is 213 Å². The molecule has 3 unspecified atom stereocenters. The topological polar surface area (TPSA) is 117 Å². The van der Waals surface area contributed by atoms with Crippen molar-refractivity contribution in [1.82, 2.24) is 0 Å². The quantitative estimate of drug-likeness (QED) is 0.0286. The van der Waals surface area contributed by atoms with Gasteiger partial charge in [0.1, 0.15) is 6.10 Å². The van der Waals surface area contributed by atoms with Crippen LogP contribution in [0.1, 0.15) is 201 Å². The van der Waals surface area contributed by atoms with E-state index >= 15 is 0 Å². The lowest BCUT2D eigenvalue weighted by molar-refractivity contribution is -0.191. The molecule has 0 saturated heterocycles. The Balaban J connectivity index is 4.28. The first-order valence-corrected chi connectivity index (χ1v) is 21.4. The number of carbonyl (C=O) groups excluding carboxylic acids is 1. The van der Waals surface area contributed by atoms with Gasteiger partial charge in [-0.05, 0) is 19.8 Å². The van der Waals surface area contributed by atoms with Gasteiger partial charge in [0.2, 0.25) is 6.29 Å². The van der Waals surface area contributed by atoms with Gasteiger partial charge in [-0.25, -0.2) is 9.09 Å². The normalized spacial score (nSPS) is 14.9. The Bertz CT molecular complexity index is 726. The Kier molecular flexibility index (Phi) is 33.6. The van der Waals surface area contributed by atoms with E-state index in [-0.39, 0.29) is 19.1 Å². The van der Waals surface area contributed by atoms with Gasteiger partial charge in [0.25, 0.3) is 0 Å². The van der Waals surface area contributed by atoms with Crippen LogP contribution in [0.15, 0.2) is 0 Å². The summed E-state index contributed by atoms with van der Waals surface area (Å²) < 4.78 is 34.1. The second-order valence-electron chi connectivity index (χ2n) is 13.8. The van der Waals surface area contributed by atoms with Gasteiger partial charge in [0.05, 0.1) is 12.5 Å². The molecule has 0 fully saturated rings. The summed E-state index contributed by atoms with van der Waals surface area (Å²) in [5, 5.41) is 0. The molecule has 0 bridgehead atoms. The average Bonchev–Trinajstić information content (AvgIpc) is 3.05. The van der Waals surface area contributed by atoms with Crippen molar-refractivity contribution in [1.29, 1.82) is 0 Å².